The third kappa shape index (κ3) is 4.18. The zero-order valence-corrected chi connectivity index (χ0v) is 17.1. The Balaban J connectivity index is 1.84. The predicted octanol–water partition coefficient (Wildman–Crippen LogP) is 3.07. The van der Waals surface area contributed by atoms with Gasteiger partial charge in [0.25, 0.3) is 11.8 Å². The van der Waals surface area contributed by atoms with Gasteiger partial charge in [-0.3, -0.25) is 9.59 Å². The first-order chi connectivity index (χ1) is 13.4. The highest BCUT2D eigenvalue weighted by atomic mass is 16.2. The Kier molecular flexibility index (Phi) is 6.02. The summed E-state index contributed by atoms with van der Waals surface area (Å²) in [5.74, 6) is -0.182. The van der Waals surface area contributed by atoms with Crippen LogP contribution in [0.25, 0.3) is 0 Å². The fraction of sp³-hybridized carbons (Fsp3) is 0.476. The normalized spacial score (nSPS) is 14.1. The van der Waals surface area contributed by atoms with E-state index in [0.29, 0.717) is 23.8 Å². The summed E-state index contributed by atoms with van der Waals surface area (Å²) in [6, 6.07) is 7.69. The molecule has 1 aromatic heterocycles. The first kappa shape index (κ1) is 19.9. The fourth-order valence-corrected chi connectivity index (χ4v) is 3.32. The molecule has 7 nitrogen and oxygen atoms in total. The van der Waals surface area contributed by atoms with Gasteiger partial charge in [0.1, 0.15) is 5.69 Å². The molecule has 2 heterocycles. The van der Waals surface area contributed by atoms with Crippen LogP contribution in [0.15, 0.2) is 24.3 Å². The Hall–Kier alpha value is -2.83. The molecule has 0 saturated heterocycles. The number of aromatic nitrogens is 2. The van der Waals surface area contributed by atoms with Crippen molar-refractivity contribution in [3.8, 4) is 0 Å². The van der Waals surface area contributed by atoms with Gasteiger partial charge in [-0.05, 0) is 56.9 Å². The van der Waals surface area contributed by atoms with E-state index in [1.165, 1.54) is 0 Å². The maximum absolute atomic E-state index is 12.9. The molecule has 1 aliphatic heterocycles. The third-order valence-corrected chi connectivity index (χ3v) is 5.17. The molecule has 2 amide bonds. The molecule has 1 aliphatic rings. The number of hydrogen-bond donors (Lipinski definition) is 2. The van der Waals surface area contributed by atoms with Crippen LogP contribution in [0.3, 0.4) is 0 Å². The van der Waals surface area contributed by atoms with Crippen molar-refractivity contribution in [2.75, 3.05) is 24.3 Å². The predicted molar refractivity (Wildman–Crippen MR) is 111 cm³/mol. The monoisotopic (exact) mass is 383 g/mol. The fourth-order valence-electron chi connectivity index (χ4n) is 3.32. The van der Waals surface area contributed by atoms with Crippen LogP contribution in [-0.2, 0) is 13.0 Å². The number of amides is 2. The zero-order chi connectivity index (χ0) is 20.3. The smallest absolute Gasteiger partial charge is 0.291 e. The van der Waals surface area contributed by atoms with Crippen molar-refractivity contribution in [2.24, 2.45) is 0 Å². The van der Waals surface area contributed by atoms with Crippen molar-refractivity contribution >= 4 is 23.2 Å². The van der Waals surface area contributed by atoms with Gasteiger partial charge in [-0.25, -0.2) is 4.98 Å². The Labute approximate surface area is 166 Å². The first-order valence-electron chi connectivity index (χ1n) is 9.89. The second-order valence-electron chi connectivity index (χ2n) is 7.52. The van der Waals surface area contributed by atoms with Crippen LogP contribution in [0, 0.1) is 0 Å². The van der Waals surface area contributed by atoms with Crippen molar-refractivity contribution in [3.63, 3.8) is 0 Å². The lowest BCUT2D eigenvalue weighted by atomic mass is 10.1. The van der Waals surface area contributed by atoms with Gasteiger partial charge >= 0.3 is 0 Å². The van der Waals surface area contributed by atoms with Gasteiger partial charge in [-0.1, -0.05) is 6.92 Å². The third-order valence-electron chi connectivity index (χ3n) is 5.17. The van der Waals surface area contributed by atoms with E-state index in [4.69, 9.17) is 0 Å². The van der Waals surface area contributed by atoms with Crippen molar-refractivity contribution in [1.82, 2.24) is 14.9 Å². The van der Waals surface area contributed by atoms with E-state index in [-0.39, 0.29) is 17.9 Å². The van der Waals surface area contributed by atoms with E-state index in [9.17, 15) is 9.59 Å². The van der Waals surface area contributed by atoms with E-state index in [1.807, 2.05) is 61.7 Å². The van der Waals surface area contributed by atoms with Gasteiger partial charge in [0.15, 0.2) is 5.82 Å². The maximum atomic E-state index is 12.9. The van der Waals surface area contributed by atoms with Crippen LogP contribution in [0.2, 0.25) is 0 Å². The minimum Gasteiger partial charge on any atom is -0.378 e. The largest absolute Gasteiger partial charge is 0.378 e. The highest BCUT2D eigenvalue weighted by molar-refractivity contribution is 6.03. The molecule has 0 fully saturated rings. The van der Waals surface area contributed by atoms with E-state index < -0.39 is 0 Å². The number of hydrogen-bond acceptors (Lipinski definition) is 4. The van der Waals surface area contributed by atoms with Crippen molar-refractivity contribution in [3.05, 3.63) is 41.5 Å². The molecule has 0 saturated carbocycles. The lowest BCUT2D eigenvalue weighted by Gasteiger charge is -2.17. The SMILES string of the molecule is CCC(C)NC(=O)c1nc(C(=O)Nc2ccc(N(C)C)cc2)n2c1CCCC2. The summed E-state index contributed by atoms with van der Waals surface area (Å²) in [6.07, 6.45) is 3.59. The van der Waals surface area contributed by atoms with E-state index in [0.717, 1.165) is 37.1 Å². The highest BCUT2D eigenvalue weighted by Gasteiger charge is 2.27. The van der Waals surface area contributed by atoms with Crippen LogP contribution >= 0.6 is 0 Å². The second-order valence-corrected chi connectivity index (χ2v) is 7.52. The number of imidazole rings is 1. The standard InChI is InChI=1S/C21H29N5O2/c1-5-14(2)22-20(27)18-17-8-6-7-13-26(17)19(24-18)21(28)23-15-9-11-16(12-10-15)25(3)4/h9-12,14H,5-8,13H2,1-4H3,(H,22,27)(H,23,28). The Morgan fingerprint density at radius 1 is 1.18 bits per heavy atom. The molecule has 0 radical (unpaired) electrons. The molecule has 150 valence electrons. The number of carbonyl (C=O) groups excluding carboxylic acids is 2. The summed E-state index contributed by atoms with van der Waals surface area (Å²) in [4.78, 5) is 32.0. The van der Waals surface area contributed by atoms with Crippen molar-refractivity contribution in [2.45, 2.75) is 52.1 Å². The van der Waals surface area contributed by atoms with Gasteiger partial charge in [0.05, 0.1) is 5.69 Å². The quantitative estimate of drug-likeness (QED) is 0.803. The van der Waals surface area contributed by atoms with Crippen LogP contribution in [0.4, 0.5) is 11.4 Å². The molecule has 0 spiro atoms. The lowest BCUT2D eigenvalue weighted by molar-refractivity contribution is 0.0933. The molecule has 7 heteroatoms. The minimum absolute atomic E-state index is 0.0703. The maximum Gasteiger partial charge on any atom is 0.291 e. The minimum atomic E-state index is -0.289. The molecule has 0 bridgehead atoms. The summed E-state index contributed by atoms with van der Waals surface area (Å²) >= 11 is 0. The summed E-state index contributed by atoms with van der Waals surface area (Å²) in [6.45, 7) is 4.70. The summed E-state index contributed by atoms with van der Waals surface area (Å²) in [7, 11) is 3.94. The zero-order valence-electron chi connectivity index (χ0n) is 17.1. The summed E-state index contributed by atoms with van der Waals surface area (Å²) < 4.78 is 1.90. The molecule has 2 N–H and O–H groups in total. The van der Waals surface area contributed by atoms with E-state index in [1.54, 1.807) is 0 Å². The van der Waals surface area contributed by atoms with E-state index >= 15 is 0 Å². The average Bonchev–Trinajstić information content (AvgIpc) is 3.08. The van der Waals surface area contributed by atoms with Gasteiger partial charge in [0.2, 0.25) is 0 Å². The van der Waals surface area contributed by atoms with Crippen LogP contribution in [0.5, 0.6) is 0 Å². The van der Waals surface area contributed by atoms with Gasteiger partial charge < -0.3 is 20.1 Å². The molecule has 3 rings (SSSR count). The van der Waals surface area contributed by atoms with Crippen LogP contribution in [0.1, 0.15) is 59.9 Å². The average molecular weight is 383 g/mol. The Morgan fingerprint density at radius 2 is 1.89 bits per heavy atom. The van der Waals surface area contributed by atoms with Gasteiger partial charge in [-0.15, -0.1) is 0 Å². The number of anilines is 2. The Bertz CT molecular complexity index is 854. The van der Waals surface area contributed by atoms with Crippen molar-refractivity contribution < 1.29 is 9.59 Å². The molecular formula is C21H29N5O2. The van der Waals surface area contributed by atoms with E-state index in [2.05, 4.69) is 15.6 Å². The second kappa shape index (κ2) is 8.46. The number of nitrogens with one attached hydrogen (secondary N) is 2. The van der Waals surface area contributed by atoms with Crippen LogP contribution in [-0.4, -0.2) is 41.5 Å². The topological polar surface area (TPSA) is 79.3 Å². The van der Waals surface area contributed by atoms with Gasteiger partial charge in [0, 0.05) is 38.1 Å². The van der Waals surface area contributed by atoms with Crippen molar-refractivity contribution in [1.29, 1.82) is 0 Å². The Morgan fingerprint density at radius 3 is 2.54 bits per heavy atom. The molecule has 1 unspecified atom stereocenters. The molecule has 1 atom stereocenters. The van der Waals surface area contributed by atoms with Gasteiger partial charge in [-0.2, -0.15) is 0 Å². The summed E-state index contributed by atoms with van der Waals surface area (Å²) in [5.41, 5.74) is 3.00. The number of carbonyl (C=O) groups is 2. The molecular weight excluding hydrogens is 354 g/mol. The first-order valence-corrected chi connectivity index (χ1v) is 9.89. The molecule has 0 aliphatic carbocycles. The molecule has 28 heavy (non-hydrogen) atoms. The molecule has 2 aromatic rings. The molecule has 1 aromatic carbocycles. The highest BCUT2D eigenvalue weighted by Crippen LogP contribution is 2.23. The number of fused-ring (bicyclic) bond motifs is 1. The lowest BCUT2D eigenvalue weighted by Crippen LogP contribution is -2.33. The summed E-state index contributed by atoms with van der Waals surface area (Å²) in [5, 5.41) is 5.87. The van der Waals surface area contributed by atoms with Crippen LogP contribution < -0.4 is 15.5 Å². The number of rotatable bonds is 6. The number of benzene rings is 1. The number of nitrogens with zero attached hydrogens (tertiary/aromatic N) is 3.